The molecule has 144 valence electrons. The van der Waals surface area contributed by atoms with Gasteiger partial charge in [0.1, 0.15) is 12.6 Å². The van der Waals surface area contributed by atoms with Crippen molar-refractivity contribution < 1.29 is 22.7 Å². The van der Waals surface area contributed by atoms with Gasteiger partial charge in [0.25, 0.3) is 0 Å². The van der Waals surface area contributed by atoms with E-state index in [0.29, 0.717) is 6.54 Å². The Labute approximate surface area is 161 Å². The molecule has 2 amide bonds. The molecular formula is C18H20N2O5S2. The number of hydrogen-bond donors (Lipinski definition) is 1. The van der Waals surface area contributed by atoms with Crippen LogP contribution in [0.5, 0.6) is 0 Å². The summed E-state index contributed by atoms with van der Waals surface area (Å²) in [4.78, 5) is 28.3. The summed E-state index contributed by atoms with van der Waals surface area (Å²) in [5.41, 5.74) is 0.765. The van der Waals surface area contributed by atoms with Crippen molar-refractivity contribution in [1.82, 2.24) is 10.2 Å². The molecule has 0 unspecified atom stereocenters. The SMILES string of the molecule is Cc1ccc(CN2C(=O)OC[C@H]2C(=O)NCc2ccc(S(C)(=O)=O)cc2)s1. The van der Waals surface area contributed by atoms with Gasteiger partial charge < -0.3 is 10.1 Å². The lowest BCUT2D eigenvalue weighted by Crippen LogP contribution is -2.45. The van der Waals surface area contributed by atoms with Crippen molar-refractivity contribution in [3.63, 3.8) is 0 Å². The summed E-state index contributed by atoms with van der Waals surface area (Å²) in [7, 11) is -3.25. The highest BCUT2D eigenvalue weighted by Gasteiger charge is 2.38. The topological polar surface area (TPSA) is 92.8 Å². The lowest BCUT2D eigenvalue weighted by atomic mass is 10.2. The molecule has 0 spiro atoms. The molecule has 0 aliphatic carbocycles. The molecule has 1 aliphatic heterocycles. The zero-order valence-electron chi connectivity index (χ0n) is 15.0. The van der Waals surface area contributed by atoms with E-state index in [1.807, 2.05) is 19.1 Å². The number of nitrogens with one attached hydrogen (secondary N) is 1. The normalized spacial score (nSPS) is 17.0. The molecule has 9 heteroatoms. The number of cyclic esters (lactones) is 1. The summed E-state index contributed by atoms with van der Waals surface area (Å²) in [6.45, 7) is 2.57. The van der Waals surface area contributed by atoms with Gasteiger partial charge in [-0.15, -0.1) is 11.3 Å². The molecule has 27 heavy (non-hydrogen) atoms. The number of hydrogen-bond acceptors (Lipinski definition) is 6. The van der Waals surface area contributed by atoms with Gasteiger partial charge in [0.05, 0.1) is 11.4 Å². The predicted octanol–water partition coefficient (Wildman–Crippen LogP) is 2.10. The number of carbonyl (C=O) groups is 2. The molecule has 2 aromatic rings. The molecule has 2 heterocycles. The average molecular weight is 409 g/mol. The highest BCUT2D eigenvalue weighted by atomic mass is 32.2. The molecule has 1 fully saturated rings. The third kappa shape index (κ3) is 4.67. The molecule has 0 bridgehead atoms. The quantitative estimate of drug-likeness (QED) is 0.790. The molecular weight excluding hydrogens is 388 g/mol. The highest BCUT2D eigenvalue weighted by Crippen LogP contribution is 2.22. The standard InChI is InChI=1S/C18H20N2O5S2/c1-12-3-6-14(26-12)10-20-16(11-25-18(20)22)17(21)19-9-13-4-7-15(8-5-13)27(2,23)24/h3-8,16H,9-11H2,1-2H3,(H,19,21)/t16-/m0/s1. The number of thiophene rings is 1. The van der Waals surface area contributed by atoms with Gasteiger partial charge in [-0.1, -0.05) is 12.1 Å². The Kier molecular flexibility index (Phi) is 5.52. The summed E-state index contributed by atoms with van der Waals surface area (Å²) in [6, 6.07) is 9.53. The smallest absolute Gasteiger partial charge is 0.410 e. The minimum absolute atomic E-state index is 0.0159. The van der Waals surface area contributed by atoms with Gasteiger partial charge in [0, 0.05) is 22.6 Å². The van der Waals surface area contributed by atoms with Gasteiger partial charge in [-0.2, -0.15) is 0 Å². The van der Waals surface area contributed by atoms with E-state index in [9.17, 15) is 18.0 Å². The third-order valence-corrected chi connectivity index (χ3v) is 6.33. The fourth-order valence-electron chi connectivity index (χ4n) is 2.74. The number of sulfone groups is 1. The van der Waals surface area contributed by atoms with E-state index in [2.05, 4.69) is 5.32 Å². The number of nitrogens with zero attached hydrogens (tertiary/aromatic N) is 1. The van der Waals surface area contributed by atoms with Crippen LogP contribution in [0.3, 0.4) is 0 Å². The van der Waals surface area contributed by atoms with E-state index in [-0.39, 0.29) is 24.0 Å². The van der Waals surface area contributed by atoms with Crippen LogP contribution in [-0.4, -0.2) is 44.2 Å². The summed E-state index contributed by atoms with van der Waals surface area (Å²) in [6.07, 6.45) is 0.642. The second-order valence-corrected chi connectivity index (χ2v) is 9.76. The molecule has 1 N–H and O–H groups in total. The zero-order chi connectivity index (χ0) is 19.6. The van der Waals surface area contributed by atoms with Gasteiger partial charge in [-0.25, -0.2) is 13.2 Å². The van der Waals surface area contributed by atoms with Gasteiger partial charge >= 0.3 is 6.09 Å². The van der Waals surface area contributed by atoms with Crippen molar-refractivity contribution in [3.8, 4) is 0 Å². The van der Waals surface area contributed by atoms with Crippen LogP contribution in [0.1, 0.15) is 15.3 Å². The Hall–Kier alpha value is -2.39. The maximum atomic E-state index is 12.5. The van der Waals surface area contributed by atoms with E-state index in [1.165, 1.54) is 17.0 Å². The van der Waals surface area contributed by atoms with Crippen LogP contribution >= 0.6 is 11.3 Å². The second kappa shape index (κ2) is 7.69. The largest absolute Gasteiger partial charge is 0.447 e. The van der Waals surface area contributed by atoms with Crippen molar-refractivity contribution in [2.45, 2.75) is 31.0 Å². The van der Waals surface area contributed by atoms with Crippen molar-refractivity contribution in [1.29, 1.82) is 0 Å². The first-order chi connectivity index (χ1) is 12.7. The molecule has 7 nitrogen and oxygen atoms in total. The molecule has 0 radical (unpaired) electrons. The van der Waals surface area contributed by atoms with Crippen LogP contribution < -0.4 is 5.32 Å². The molecule has 1 atom stereocenters. The number of aryl methyl sites for hydroxylation is 1. The Balaban J connectivity index is 1.61. The first-order valence-corrected chi connectivity index (χ1v) is 11.0. The molecule has 1 saturated heterocycles. The second-order valence-electron chi connectivity index (χ2n) is 6.37. The monoisotopic (exact) mass is 408 g/mol. The van der Waals surface area contributed by atoms with Crippen molar-refractivity contribution >= 4 is 33.2 Å². The fourth-order valence-corrected chi connectivity index (χ4v) is 4.26. The first-order valence-electron chi connectivity index (χ1n) is 8.29. The van der Waals surface area contributed by atoms with E-state index < -0.39 is 22.0 Å². The average Bonchev–Trinajstić information content (AvgIpc) is 3.19. The number of benzene rings is 1. The van der Waals surface area contributed by atoms with Crippen LogP contribution in [0, 0.1) is 6.92 Å². The Morgan fingerprint density at radius 2 is 1.96 bits per heavy atom. The van der Waals surface area contributed by atoms with Crippen molar-refractivity contribution in [3.05, 3.63) is 51.7 Å². The van der Waals surface area contributed by atoms with Gasteiger partial charge in [0.2, 0.25) is 5.91 Å². The van der Waals surface area contributed by atoms with E-state index in [4.69, 9.17) is 4.74 Å². The number of rotatable bonds is 6. The fraction of sp³-hybridized carbons (Fsp3) is 0.333. The molecule has 1 aromatic heterocycles. The van der Waals surface area contributed by atoms with Crippen LogP contribution in [0.2, 0.25) is 0 Å². The van der Waals surface area contributed by atoms with E-state index in [0.717, 1.165) is 21.6 Å². The minimum Gasteiger partial charge on any atom is -0.447 e. The van der Waals surface area contributed by atoms with Gasteiger partial charge in [-0.3, -0.25) is 9.69 Å². The van der Waals surface area contributed by atoms with Gasteiger partial charge in [0.15, 0.2) is 9.84 Å². The third-order valence-electron chi connectivity index (χ3n) is 4.22. The minimum atomic E-state index is -3.25. The molecule has 1 aromatic carbocycles. The van der Waals surface area contributed by atoms with E-state index in [1.54, 1.807) is 23.5 Å². The van der Waals surface area contributed by atoms with Crippen molar-refractivity contribution in [2.24, 2.45) is 0 Å². The number of ether oxygens (including phenoxy) is 1. The maximum Gasteiger partial charge on any atom is 0.410 e. The number of carbonyl (C=O) groups excluding carboxylic acids is 2. The van der Waals surface area contributed by atoms with Crippen LogP contribution in [0.25, 0.3) is 0 Å². The maximum absolute atomic E-state index is 12.5. The summed E-state index contributed by atoms with van der Waals surface area (Å²) < 4.78 is 28.0. The Morgan fingerprint density at radius 3 is 2.56 bits per heavy atom. The van der Waals surface area contributed by atoms with Gasteiger partial charge in [-0.05, 0) is 36.8 Å². The van der Waals surface area contributed by atoms with Crippen LogP contribution in [-0.2, 0) is 32.5 Å². The van der Waals surface area contributed by atoms with Crippen LogP contribution in [0.4, 0.5) is 4.79 Å². The summed E-state index contributed by atoms with van der Waals surface area (Å²) in [5.74, 6) is -0.304. The predicted molar refractivity (Wildman–Crippen MR) is 101 cm³/mol. The van der Waals surface area contributed by atoms with Crippen molar-refractivity contribution in [2.75, 3.05) is 12.9 Å². The molecule has 3 rings (SSSR count). The lowest BCUT2D eigenvalue weighted by Gasteiger charge is -2.20. The Bertz CT molecular complexity index is 950. The summed E-state index contributed by atoms with van der Waals surface area (Å²) >= 11 is 1.57. The molecule has 1 aliphatic rings. The molecule has 0 saturated carbocycles. The lowest BCUT2D eigenvalue weighted by molar-refractivity contribution is -0.125. The van der Waals surface area contributed by atoms with Crippen LogP contribution in [0.15, 0.2) is 41.3 Å². The highest BCUT2D eigenvalue weighted by molar-refractivity contribution is 7.90. The van der Waals surface area contributed by atoms with E-state index >= 15 is 0 Å². The first kappa shape index (κ1) is 19.4. The summed E-state index contributed by atoms with van der Waals surface area (Å²) in [5, 5.41) is 2.78. The zero-order valence-corrected chi connectivity index (χ0v) is 16.6. The number of amides is 2. The Morgan fingerprint density at radius 1 is 1.26 bits per heavy atom.